The molecule has 0 amide bonds. The highest BCUT2D eigenvalue weighted by Gasteiger charge is 2.05. The fraction of sp³-hybridized carbons (Fsp3) is 0.235. The summed E-state index contributed by atoms with van der Waals surface area (Å²) in [5.74, 6) is -0.316. The number of hydrogen-bond donors (Lipinski definition) is 0. The number of carbonyl (C=O) groups is 1. The second kappa shape index (κ2) is 6.87. The van der Waals surface area contributed by atoms with Gasteiger partial charge in [0.15, 0.2) is 0 Å². The third-order valence-electron chi connectivity index (χ3n) is 3.07. The van der Waals surface area contributed by atoms with E-state index in [-0.39, 0.29) is 5.97 Å². The first-order valence-electron chi connectivity index (χ1n) is 6.60. The molecule has 2 aromatic rings. The average Bonchev–Trinajstić information content (AvgIpc) is 2.53. The predicted molar refractivity (Wildman–Crippen MR) is 78.5 cm³/mol. The summed E-state index contributed by atoms with van der Waals surface area (Å²) in [5, 5.41) is 0. The summed E-state index contributed by atoms with van der Waals surface area (Å²) in [6.45, 7) is 3.34. The van der Waals surface area contributed by atoms with Crippen molar-refractivity contribution in [2.75, 3.05) is 13.7 Å². The van der Waals surface area contributed by atoms with Gasteiger partial charge in [0, 0.05) is 6.61 Å². The molecule has 2 aromatic carbocycles. The third-order valence-corrected chi connectivity index (χ3v) is 3.07. The van der Waals surface area contributed by atoms with Crippen LogP contribution in [0.2, 0.25) is 0 Å². The molecule has 20 heavy (non-hydrogen) atoms. The standard InChI is InChI=1S/C17H18O3/c1-3-20-12-13-4-6-14(7-5-13)15-8-10-16(11-9-15)17(18)19-2/h4-11H,3,12H2,1-2H3. The Morgan fingerprint density at radius 2 is 1.50 bits per heavy atom. The molecule has 0 bridgehead atoms. The molecule has 3 heteroatoms. The van der Waals surface area contributed by atoms with Crippen molar-refractivity contribution in [1.29, 1.82) is 0 Å². The van der Waals surface area contributed by atoms with Gasteiger partial charge in [-0.1, -0.05) is 36.4 Å². The minimum atomic E-state index is -0.316. The molecule has 0 aliphatic carbocycles. The molecule has 0 aromatic heterocycles. The minimum absolute atomic E-state index is 0.316. The molecule has 0 radical (unpaired) electrons. The van der Waals surface area contributed by atoms with Gasteiger partial charge in [0.1, 0.15) is 0 Å². The number of benzene rings is 2. The van der Waals surface area contributed by atoms with Crippen molar-refractivity contribution < 1.29 is 14.3 Å². The minimum Gasteiger partial charge on any atom is -0.465 e. The first kappa shape index (κ1) is 14.3. The Bertz CT molecular complexity index is 556. The van der Waals surface area contributed by atoms with Crippen molar-refractivity contribution in [3.8, 4) is 11.1 Å². The van der Waals surface area contributed by atoms with Gasteiger partial charge in [-0.25, -0.2) is 4.79 Å². The van der Waals surface area contributed by atoms with Crippen LogP contribution in [-0.2, 0) is 16.1 Å². The van der Waals surface area contributed by atoms with Gasteiger partial charge >= 0.3 is 5.97 Å². The Morgan fingerprint density at radius 1 is 0.950 bits per heavy atom. The first-order chi connectivity index (χ1) is 9.74. The van der Waals surface area contributed by atoms with Crippen LogP contribution in [0.4, 0.5) is 0 Å². The number of hydrogen-bond acceptors (Lipinski definition) is 3. The van der Waals surface area contributed by atoms with Gasteiger partial charge < -0.3 is 9.47 Å². The largest absolute Gasteiger partial charge is 0.465 e. The van der Waals surface area contributed by atoms with Crippen LogP contribution in [0, 0.1) is 0 Å². The maximum absolute atomic E-state index is 11.4. The Labute approximate surface area is 119 Å². The van der Waals surface area contributed by atoms with Crippen LogP contribution in [0.15, 0.2) is 48.5 Å². The van der Waals surface area contributed by atoms with Crippen molar-refractivity contribution in [2.24, 2.45) is 0 Å². The summed E-state index contributed by atoms with van der Waals surface area (Å²) >= 11 is 0. The van der Waals surface area contributed by atoms with Crippen LogP contribution in [0.1, 0.15) is 22.8 Å². The molecule has 0 heterocycles. The zero-order valence-electron chi connectivity index (χ0n) is 11.8. The number of esters is 1. The van der Waals surface area contributed by atoms with Gasteiger partial charge in [-0.2, -0.15) is 0 Å². The molecule has 0 atom stereocenters. The van der Waals surface area contributed by atoms with Gasteiger partial charge in [-0.15, -0.1) is 0 Å². The molecule has 0 saturated carbocycles. The van der Waals surface area contributed by atoms with E-state index in [2.05, 4.69) is 29.0 Å². The molecule has 3 nitrogen and oxygen atoms in total. The van der Waals surface area contributed by atoms with Gasteiger partial charge in [0.2, 0.25) is 0 Å². The third kappa shape index (κ3) is 3.45. The summed E-state index contributed by atoms with van der Waals surface area (Å²) in [7, 11) is 1.38. The summed E-state index contributed by atoms with van der Waals surface area (Å²) in [5.41, 5.74) is 3.90. The topological polar surface area (TPSA) is 35.5 Å². The lowest BCUT2D eigenvalue weighted by atomic mass is 10.0. The lowest BCUT2D eigenvalue weighted by Gasteiger charge is -2.06. The molecule has 0 saturated heterocycles. The Kier molecular flexibility index (Phi) is 4.91. The predicted octanol–water partition coefficient (Wildman–Crippen LogP) is 3.68. The van der Waals surface area contributed by atoms with E-state index in [0.29, 0.717) is 12.2 Å². The highest BCUT2D eigenvalue weighted by molar-refractivity contribution is 5.89. The van der Waals surface area contributed by atoms with Gasteiger partial charge in [-0.3, -0.25) is 0 Å². The molecule has 0 spiro atoms. The maximum Gasteiger partial charge on any atom is 0.337 e. The zero-order chi connectivity index (χ0) is 14.4. The molecule has 0 aliphatic heterocycles. The molecule has 2 rings (SSSR count). The summed E-state index contributed by atoms with van der Waals surface area (Å²) in [4.78, 5) is 11.4. The number of ether oxygens (including phenoxy) is 2. The van der Waals surface area contributed by atoms with Crippen LogP contribution in [0.5, 0.6) is 0 Å². The van der Waals surface area contributed by atoms with Crippen LogP contribution >= 0.6 is 0 Å². The fourth-order valence-corrected chi connectivity index (χ4v) is 1.93. The number of methoxy groups -OCH3 is 1. The monoisotopic (exact) mass is 270 g/mol. The highest BCUT2D eigenvalue weighted by atomic mass is 16.5. The van der Waals surface area contributed by atoms with E-state index in [1.807, 2.05) is 19.1 Å². The second-order valence-corrected chi connectivity index (χ2v) is 4.40. The quantitative estimate of drug-likeness (QED) is 0.777. The highest BCUT2D eigenvalue weighted by Crippen LogP contribution is 2.21. The normalized spacial score (nSPS) is 10.3. The van der Waals surface area contributed by atoms with E-state index in [0.717, 1.165) is 23.3 Å². The molecule has 0 fully saturated rings. The first-order valence-corrected chi connectivity index (χ1v) is 6.60. The van der Waals surface area contributed by atoms with E-state index >= 15 is 0 Å². The van der Waals surface area contributed by atoms with Crippen molar-refractivity contribution in [3.05, 3.63) is 59.7 Å². The van der Waals surface area contributed by atoms with Crippen molar-refractivity contribution >= 4 is 5.97 Å². The van der Waals surface area contributed by atoms with Gasteiger partial charge in [0.25, 0.3) is 0 Å². The second-order valence-electron chi connectivity index (χ2n) is 4.40. The molecule has 0 N–H and O–H groups in total. The molecule has 0 unspecified atom stereocenters. The Morgan fingerprint density at radius 3 is 2.00 bits per heavy atom. The molecular weight excluding hydrogens is 252 g/mol. The molecule has 0 aliphatic rings. The smallest absolute Gasteiger partial charge is 0.337 e. The maximum atomic E-state index is 11.4. The van der Waals surface area contributed by atoms with E-state index < -0.39 is 0 Å². The Balaban J connectivity index is 2.13. The summed E-state index contributed by atoms with van der Waals surface area (Å²) in [6, 6.07) is 15.6. The van der Waals surface area contributed by atoms with E-state index in [1.165, 1.54) is 7.11 Å². The van der Waals surface area contributed by atoms with E-state index in [9.17, 15) is 4.79 Å². The summed E-state index contributed by atoms with van der Waals surface area (Å²) in [6.07, 6.45) is 0. The number of rotatable bonds is 5. The van der Waals surface area contributed by atoms with Gasteiger partial charge in [0.05, 0.1) is 19.3 Å². The molecule has 104 valence electrons. The average molecular weight is 270 g/mol. The summed E-state index contributed by atoms with van der Waals surface area (Å²) < 4.78 is 10.1. The number of carbonyl (C=O) groups excluding carboxylic acids is 1. The van der Waals surface area contributed by atoms with E-state index in [4.69, 9.17) is 4.74 Å². The lowest BCUT2D eigenvalue weighted by molar-refractivity contribution is 0.0601. The van der Waals surface area contributed by atoms with Crippen LogP contribution in [-0.4, -0.2) is 19.7 Å². The van der Waals surface area contributed by atoms with Crippen LogP contribution in [0.3, 0.4) is 0 Å². The zero-order valence-corrected chi connectivity index (χ0v) is 11.8. The van der Waals surface area contributed by atoms with Crippen molar-refractivity contribution in [1.82, 2.24) is 0 Å². The van der Waals surface area contributed by atoms with Crippen LogP contribution in [0.25, 0.3) is 11.1 Å². The lowest BCUT2D eigenvalue weighted by Crippen LogP contribution is -2.00. The van der Waals surface area contributed by atoms with Crippen LogP contribution < -0.4 is 0 Å². The fourth-order valence-electron chi connectivity index (χ4n) is 1.93. The van der Waals surface area contributed by atoms with Crippen molar-refractivity contribution in [3.63, 3.8) is 0 Å². The van der Waals surface area contributed by atoms with Crippen molar-refractivity contribution in [2.45, 2.75) is 13.5 Å². The SMILES string of the molecule is CCOCc1ccc(-c2ccc(C(=O)OC)cc2)cc1. The van der Waals surface area contributed by atoms with Gasteiger partial charge in [-0.05, 0) is 35.7 Å². The molecular formula is C17H18O3. The Hall–Kier alpha value is -2.13. The van der Waals surface area contributed by atoms with E-state index in [1.54, 1.807) is 12.1 Å².